The zero-order chi connectivity index (χ0) is 20.1. The van der Waals surface area contributed by atoms with Crippen LogP contribution in [0.25, 0.3) is 22.4 Å². The third-order valence-corrected chi connectivity index (χ3v) is 5.14. The van der Waals surface area contributed by atoms with Gasteiger partial charge in [0.25, 0.3) is 0 Å². The van der Waals surface area contributed by atoms with Gasteiger partial charge in [-0.25, -0.2) is 4.98 Å². The number of alkyl halides is 3. The minimum Gasteiger partial charge on any atom is -0.507 e. The Labute approximate surface area is 159 Å². The van der Waals surface area contributed by atoms with E-state index in [1.54, 1.807) is 6.33 Å². The zero-order valence-electron chi connectivity index (χ0n) is 15.5. The highest BCUT2D eigenvalue weighted by Crippen LogP contribution is 2.42. The predicted octanol–water partition coefficient (Wildman–Crippen LogP) is 3.79. The molecule has 4 rings (SSSR count). The molecule has 3 aromatic rings. The second-order valence-electron chi connectivity index (χ2n) is 7.35. The summed E-state index contributed by atoms with van der Waals surface area (Å²) in [5.74, 6) is -0.477. The number of halogens is 3. The number of benzene rings is 1. The van der Waals surface area contributed by atoms with Crippen LogP contribution in [0.15, 0.2) is 24.5 Å². The Balaban J connectivity index is 1.80. The molecule has 0 unspecified atom stereocenters. The second-order valence-corrected chi connectivity index (χ2v) is 7.35. The van der Waals surface area contributed by atoms with E-state index in [-0.39, 0.29) is 17.3 Å². The Kier molecular flexibility index (Phi) is 4.49. The lowest BCUT2D eigenvalue weighted by Crippen LogP contribution is -2.33. The Morgan fingerprint density at radius 2 is 1.96 bits per heavy atom. The van der Waals surface area contributed by atoms with Crippen molar-refractivity contribution in [3.8, 4) is 17.0 Å². The van der Waals surface area contributed by atoms with Gasteiger partial charge in [0.05, 0.1) is 23.1 Å². The summed E-state index contributed by atoms with van der Waals surface area (Å²) in [5, 5.41) is 18.4. The molecule has 28 heavy (non-hydrogen) atoms. The normalized spacial score (nSPS) is 18.7. The first kappa shape index (κ1) is 18.7. The van der Waals surface area contributed by atoms with Gasteiger partial charge in [0.2, 0.25) is 0 Å². The van der Waals surface area contributed by atoms with E-state index in [0.29, 0.717) is 16.7 Å². The van der Waals surface area contributed by atoms with Gasteiger partial charge in [-0.3, -0.25) is 0 Å². The van der Waals surface area contributed by atoms with Gasteiger partial charge in [0.1, 0.15) is 11.3 Å². The van der Waals surface area contributed by atoms with E-state index < -0.39 is 17.5 Å². The first-order valence-electron chi connectivity index (χ1n) is 9.04. The Bertz CT molecular complexity index is 1030. The highest BCUT2D eigenvalue weighted by Gasteiger charge is 2.36. The molecule has 148 valence electrons. The smallest absolute Gasteiger partial charge is 0.417 e. The summed E-state index contributed by atoms with van der Waals surface area (Å²) in [7, 11) is 2.05. The molecule has 1 aliphatic rings. The number of rotatable bonds is 2. The lowest BCUT2D eigenvalue weighted by atomic mass is 9.99. The maximum absolute atomic E-state index is 13.5. The maximum atomic E-state index is 13.5. The summed E-state index contributed by atoms with van der Waals surface area (Å²) >= 11 is 0. The number of nitrogens with zero attached hydrogens (tertiary/aromatic N) is 5. The quantitative estimate of drug-likeness (QED) is 0.720. The Morgan fingerprint density at radius 1 is 1.18 bits per heavy atom. The molecule has 1 saturated heterocycles. The van der Waals surface area contributed by atoms with E-state index in [9.17, 15) is 18.3 Å². The fraction of sp³-hybridized carbons (Fsp3) is 0.421. The summed E-state index contributed by atoms with van der Waals surface area (Å²) in [4.78, 5) is 6.55. The maximum Gasteiger partial charge on any atom is 0.417 e. The Hall–Kier alpha value is -2.68. The number of phenols is 1. The first-order chi connectivity index (χ1) is 13.2. The van der Waals surface area contributed by atoms with Gasteiger partial charge in [-0.15, -0.1) is 10.2 Å². The van der Waals surface area contributed by atoms with Gasteiger partial charge in [-0.1, -0.05) is 0 Å². The number of hydrogen-bond donors (Lipinski definition) is 1. The highest BCUT2D eigenvalue weighted by molar-refractivity contribution is 5.80. The number of imidazole rings is 1. The molecular weight excluding hydrogens is 371 g/mol. The van der Waals surface area contributed by atoms with Crippen LogP contribution in [0.5, 0.6) is 5.75 Å². The number of hydrogen-bond acceptors (Lipinski definition) is 5. The summed E-state index contributed by atoms with van der Waals surface area (Å²) < 4.78 is 42.5. The van der Waals surface area contributed by atoms with Crippen LogP contribution in [0.1, 0.15) is 30.0 Å². The average Bonchev–Trinajstić information content (AvgIpc) is 3.03. The SMILES string of the molecule is Cc1cc(O)c(-c2cc3ncn([C@@H]4CCCN(C)C4)c3nn2)c(C(F)(F)F)c1. The number of phenolic OH excluding ortho intramolecular Hbond substituents is 1. The van der Waals surface area contributed by atoms with E-state index in [1.807, 2.05) is 11.6 Å². The summed E-state index contributed by atoms with van der Waals surface area (Å²) in [6.07, 6.45) is -0.928. The van der Waals surface area contributed by atoms with E-state index in [4.69, 9.17) is 0 Å². The van der Waals surface area contributed by atoms with Crippen molar-refractivity contribution >= 4 is 11.2 Å². The minimum absolute atomic E-state index is 0.0525. The van der Waals surface area contributed by atoms with Crippen LogP contribution >= 0.6 is 0 Å². The molecule has 9 heteroatoms. The van der Waals surface area contributed by atoms with E-state index >= 15 is 0 Å². The molecule has 1 N–H and O–H groups in total. The lowest BCUT2D eigenvalue weighted by Gasteiger charge is -2.30. The largest absolute Gasteiger partial charge is 0.507 e. The molecule has 1 fully saturated rings. The monoisotopic (exact) mass is 391 g/mol. The molecule has 1 atom stereocenters. The van der Waals surface area contributed by atoms with Gasteiger partial charge in [0, 0.05) is 12.6 Å². The Morgan fingerprint density at radius 3 is 2.68 bits per heavy atom. The van der Waals surface area contributed by atoms with Crippen LogP contribution < -0.4 is 0 Å². The number of fused-ring (bicyclic) bond motifs is 1. The fourth-order valence-electron chi connectivity index (χ4n) is 3.85. The minimum atomic E-state index is -4.62. The van der Waals surface area contributed by atoms with Gasteiger partial charge in [0.15, 0.2) is 5.65 Å². The van der Waals surface area contributed by atoms with Crippen molar-refractivity contribution in [1.29, 1.82) is 0 Å². The highest BCUT2D eigenvalue weighted by atomic mass is 19.4. The van der Waals surface area contributed by atoms with E-state index in [0.717, 1.165) is 32.0 Å². The van der Waals surface area contributed by atoms with Crippen LogP contribution in [0.2, 0.25) is 0 Å². The van der Waals surface area contributed by atoms with Crippen LogP contribution in [0.4, 0.5) is 13.2 Å². The third kappa shape index (κ3) is 3.30. The molecule has 0 saturated carbocycles. The molecule has 0 amide bonds. The van der Waals surface area contributed by atoms with Crippen molar-refractivity contribution in [3.05, 3.63) is 35.7 Å². The average molecular weight is 391 g/mol. The van der Waals surface area contributed by atoms with Crippen LogP contribution in [-0.2, 0) is 6.18 Å². The molecule has 0 bridgehead atoms. The predicted molar refractivity (Wildman–Crippen MR) is 97.9 cm³/mol. The molecule has 0 aliphatic carbocycles. The molecule has 3 heterocycles. The van der Waals surface area contributed by atoms with Crippen molar-refractivity contribution in [1.82, 2.24) is 24.6 Å². The van der Waals surface area contributed by atoms with E-state index in [1.165, 1.54) is 19.1 Å². The standard InChI is InChI=1S/C19H20F3N5O/c1-11-6-13(19(20,21)22)17(16(28)7-11)14-8-15-18(25-24-14)27(10-23-15)12-4-3-5-26(2)9-12/h6-8,10,12,28H,3-5,9H2,1-2H3/t12-/m1/s1. The van der Waals surface area contributed by atoms with Crippen molar-refractivity contribution in [2.24, 2.45) is 0 Å². The van der Waals surface area contributed by atoms with Gasteiger partial charge in [-0.2, -0.15) is 13.2 Å². The molecule has 2 aromatic heterocycles. The number of aryl methyl sites for hydroxylation is 1. The van der Waals surface area contributed by atoms with Crippen molar-refractivity contribution in [2.75, 3.05) is 20.1 Å². The van der Waals surface area contributed by atoms with Crippen LogP contribution in [-0.4, -0.2) is 49.9 Å². The number of likely N-dealkylation sites (N-methyl/N-ethyl adjacent to an activating group) is 1. The van der Waals surface area contributed by atoms with Gasteiger partial charge in [-0.05, 0) is 57.1 Å². The first-order valence-corrected chi connectivity index (χ1v) is 9.04. The lowest BCUT2D eigenvalue weighted by molar-refractivity contribution is -0.137. The number of aromatic hydroxyl groups is 1. The summed E-state index contributed by atoms with van der Waals surface area (Å²) in [5.41, 5.74) is -0.0707. The summed E-state index contributed by atoms with van der Waals surface area (Å²) in [6.45, 7) is 3.38. The number of likely N-dealkylation sites (tertiary alicyclic amines) is 1. The fourth-order valence-corrected chi connectivity index (χ4v) is 3.85. The van der Waals surface area contributed by atoms with E-state index in [2.05, 4.69) is 20.1 Å². The van der Waals surface area contributed by atoms with Crippen molar-refractivity contribution in [2.45, 2.75) is 32.0 Å². The van der Waals surface area contributed by atoms with Crippen molar-refractivity contribution in [3.63, 3.8) is 0 Å². The molecule has 0 radical (unpaired) electrons. The molecular formula is C19H20F3N5O. The third-order valence-electron chi connectivity index (χ3n) is 5.14. The number of piperidine rings is 1. The second kappa shape index (κ2) is 6.73. The molecule has 1 aliphatic heterocycles. The molecule has 6 nitrogen and oxygen atoms in total. The molecule has 0 spiro atoms. The van der Waals surface area contributed by atoms with Crippen LogP contribution in [0.3, 0.4) is 0 Å². The van der Waals surface area contributed by atoms with Gasteiger partial charge >= 0.3 is 6.18 Å². The zero-order valence-corrected chi connectivity index (χ0v) is 15.5. The van der Waals surface area contributed by atoms with Gasteiger partial charge < -0.3 is 14.6 Å². The number of aromatic nitrogens is 4. The molecule has 1 aromatic carbocycles. The van der Waals surface area contributed by atoms with Crippen molar-refractivity contribution < 1.29 is 18.3 Å². The topological polar surface area (TPSA) is 67.1 Å². The van der Waals surface area contributed by atoms with Crippen LogP contribution in [0, 0.1) is 6.92 Å². The summed E-state index contributed by atoms with van der Waals surface area (Å²) in [6, 6.07) is 3.93.